The number of aromatic amines is 1. The van der Waals surface area contributed by atoms with E-state index in [1.807, 2.05) is 6.20 Å². The third kappa shape index (κ3) is 2.80. The van der Waals surface area contributed by atoms with Crippen molar-refractivity contribution in [2.45, 2.75) is 25.0 Å². The average molecular weight is 405 g/mol. The summed E-state index contributed by atoms with van der Waals surface area (Å²) in [5, 5.41) is 13.5. The maximum absolute atomic E-state index is 4.85. The molecule has 29 heavy (non-hydrogen) atoms. The number of thiophene rings is 1. The molecule has 3 aliphatic heterocycles. The Morgan fingerprint density at radius 3 is 2.83 bits per heavy atom. The summed E-state index contributed by atoms with van der Waals surface area (Å²) in [7, 11) is 0. The van der Waals surface area contributed by atoms with E-state index in [1.165, 1.54) is 33.2 Å². The molecule has 0 radical (unpaired) electrons. The van der Waals surface area contributed by atoms with E-state index in [4.69, 9.17) is 4.99 Å². The third-order valence-corrected chi connectivity index (χ3v) is 7.34. The second-order valence-corrected chi connectivity index (χ2v) is 9.03. The molecule has 0 saturated carbocycles. The van der Waals surface area contributed by atoms with Crippen molar-refractivity contribution >= 4 is 22.9 Å². The number of fused-ring (bicyclic) bond motifs is 4. The molecule has 6 nitrogen and oxygen atoms in total. The molecule has 0 atom stereocenters. The predicted octanol–water partition coefficient (Wildman–Crippen LogP) is 3.62. The van der Waals surface area contributed by atoms with Crippen molar-refractivity contribution < 1.29 is 0 Å². The van der Waals surface area contributed by atoms with Gasteiger partial charge in [0.1, 0.15) is 11.5 Å². The minimum absolute atomic E-state index is 0.00678. The molecule has 0 bridgehead atoms. The van der Waals surface area contributed by atoms with Gasteiger partial charge in [0, 0.05) is 55.8 Å². The molecule has 1 spiro atoms. The van der Waals surface area contributed by atoms with E-state index in [0.29, 0.717) is 0 Å². The van der Waals surface area contributed by atoms with Gasteiger partial charge in [-0.3, -0.25) is 15.0 Å². The largest absolute Gasteiger partial charge is 0.362 e. The molecule has 6 rings (SSSR count). The van der Waals surface area contributed by atoms with Crippen LogP contribution in [0.3, 0.4) is 0 Å². The summed E-state index contributed by atoms with van der Waals surface area (Å²) in [5.74, 6) is 1.18. The Balaban J connectivity index is 1.21. The fraction of sp³-hybridized carbons (Fsp3) is 0.364. The summed E-state index contributed by atoms with van der Waals surface area (Å²) >= 11 is 1.76. The van der Waals surface area contributed by atoms with E-state index < -0.39 is 0 Å². The zero-order chi connectivity index (χ0) is 19.3. The zero-order valence-electron chi connectivity index (χ0n) is 16.3. The van der Waals surface area contributed by atoms with Gasteiger partial charge >= 0.3 is 0 Å². The van der Waals surface area contributed by atoms with E-state index in [0.717, 1.165) is 45.6 Å². The average Bonchev–Trinajstić information content (AvgIpc) is 3.51. The highest BCUT2D eigenvalue weighted by Gasteiger charge is 2.46. The first-order valence-corrected chi connectivity index (χ1v) is 11.2. The predicted molar refractivity (Wildman–Crippen MR) is 117 cm³/mol. The molecular weight excluding hydrogens is 380 g/mol. The number of para-hydroxylation sites is 1. The van der Waals surface area contributed by atoms with Crippen LogP contribution in [0, 0.1) is 0 Å². The molecule has 2 aromatic heterocycles. The Morgan fingerprint density at radius 2 is 1.97 bits per heavy atom. The molecule has 0 aliphatic carbocycles. The van der Waals surface area contributed by atoms with Gasteiger partial charge in [0.25, 0.3) is 0 Å². The van der Waals surface area contributed by atoms with Gasteiger partial charge in [-0.1, -0.05) is 18.2 Å². The van der Waals surface area contributed by atoms with Gasteiger partial charge < -0.3 is 10.2 Å². The molecule has 1 aromatic carbocycles. The lowest BCUT2D eigenvalue weighted by Crippen LogP contribution is -2.63. The van der Waals surface area contributed by atoms with Crippen LogP contribution in [0.5, 0.6) is 0 Å². The number of hydrogen-bond donors (Lipinski definition) is 2. The molecular formula is C22H24N6S. The van der Waals surface area contributed by atoms with Crippen LogP contribution >= 0.6 is 11.3 Å². The summed E-state index contributed by atoms with van der Waals surface area (Å²) in [5.41, 5.74) is 4.92. The Kier molecular flexibility index (Phi) is 3.99. The van der Waals surface area contributed by atoms with Crippen molar-refractivity contribution in [1.29, 1.82) is 0 Å². The summed E-state index contributed by atoms with van der Waals surface area (Å²) in [6.45, 7) is 4.98. The molecule has 5 heterocycles. The topological polar surface area (TPSA) is 59.6 Å². The van der Waals surface area contributed by atoms with Crippen LogP contribution in [0.1, 0.15) is 24.0 Å². The van der Waals surface area contributed by atoms with Gasteiger partial charge in [-0.25, -0.2) is 0 Å². The van der Waals surface area contributed by atoms with Gasteiger partial charge in [0.15, 0.2) is 0 Å². The van der Waals surface area contributed by atoms with Crippen LogP contribution in [-0.2, 0) is 6.54 Å². The molecule has 2 N–H and O–H groups in total. The van der Waals surface area contributed by atoms with E-state index in [9.17, 15) is 0 Å². The van der Waals surface area contributed by atoms with Crippen molar-refractivity contribution in [1.82, 2.24) is 20.0 Å². The quantitative estimate of drug-likeness (QED) is 0.700. The number of hydrogen-bond acceptors (Lipinski definition) is 6. The Labute approximate surface area is 174 Å². The van der Waals surface area contributed by atoms with Crippen LogP contribution < -0.4 is 5.32 Å². The molecule has 3 aromatic rings. The molecule has 3 aliphatic rings. The standard InChI is InChI=1S/C22H24N6S/c1-2-5-18-17(4-1)21-23-9-12-28(21)22(25-18)7-10-27(11-8-22)15-16-14-24-26-20(16)19-6-3-13-29-19/h1-6,13-14,25H,7-12,15H2,(H,24,26). The van der Waals surface area contributed by atoms with E-state index in [2.05, 4.69) is 67.1 Å². The van der Waals surface area contributed by atoms with Crippen molar-refractivity contribution in [3.63, 3.8) is 0 Å². The monoisotopic (exact) mass is 404 g/mol. The number of piperidine rings is 1. The van der Waals surface area contributed by atoms with Gasteiger partial charge in [-0.15, -0.1) is 11.3 Å². The van der Waals surface area contributed by atoms with Gasteiger partial charge in [-0.2, -0.15) is 5.10 Å². The number of H-pyrrole nitrogens is 1. The summed E-state index contributed by atoms with van der Waals surface area (Å²) < 4.78 is 0. The van der Waals surface area contributed by atoms with E-state index >= 15 is 0 Å². The van der Waals surface area contributed by atoms with Crippen LogP contribution in [0.2, 0.25) is 0 Å². The highest BCUT2D eigenvalue weighted by atomic mass is 32.1. The highest BCUT2D eigenvalue weighted by Crippen LogP contribution is 2.39. The number of benzene rings is 1. The minimum Gasteiger partial charge on any atom is -0.362 e. The second-order valence-electron chi connectivity index (χ2n) is 8.08. The van der Waals surface area contributed by atoms with Crippen LogP contribution in [0.25, 0.3) is 10.6 Å². The Morgan fingerprint density at radius 1 is 1.07 bits per heavy atom. The molecule has 0 amide bonds. The number of amidine groups is 1. The maximum atomic E-state index is 4.85. The van der Waals surface area contributed by atoms with Crippen LogP contribution in [0.4, 0.5) is 5.69 Å². The second kappa shape index (κ2) is 6.71. The maximum Gasteiger partial charge on any atom is 0.134 e. The smallest absolute Gasteiger partial charge is 0.134 e. The SMILES string of the molecule is c1csc(-c2[nH]ncc2CN2CCC3(CC2)Nc2ccccc2C2=NCCN23)c1. The number of nitrogens with zero attached hydrogens (tertiary/aromatic N) is 4. The summed E-state index contributed by atoms with van der Waals surface area (Å²) in [6, 6.07) is 12.9. The molecule has 1 saturated heterocycles. The fourth-order valence-corrected chi connectivity index (χ4v) is 5.74. The summed E-state index contributed by atoms with van der Waals surface area (Å²) in [6.07, 6.45) is 4.17. The molecule has 1 fully saturated rings. The number of likely N-dealkylation sites (tertiary alicyclic amines) is 1. The fourth-order valence-electron chi connectivity index (χ4n) is 4.98. The van der Waals surface area contributed by atoms with Gasteiger partial charge in [-0.05, 0) is 23.6 Å². The van der Waals surface area contributed by atoms with Crippen molar-refractivity contribution in [3.05, 3.63) is 59.1 Å². The zero-order valence-corrected chi connectivity index (χ0v) is 17.1. The molecule has 0 unspecified atom stereocenters. The number of rotatable bonds is 3. The number of aliphatic imine (C=N–C) groups is 1. The minimum atomic E-state index is -0.00678. The first-order chi connectivity index (χ1) is 14.3. The van der Waals surface area contributed by atoms with Crippen molar-refractivity contribution in [3.8, 4) is 10.6 Å². The first kappa shape index (κ1) is 17.2. The lowest BCUT2D eigenvalue weighted by Gasteiger charge is -2.52. The van der Waals surface area contributed by atoms with E-state index in [1.54, 1.807) is 11.3 Å². The number of aromatic nitrogens is 2. The normalized spacial score (nSPS) is 20.3. The molecule has 7 heteroatoms. The highest BCUT2D eigenvalue weighted by molar-refractivity contribution is 7.13. The van der Waals surface area contributed by atoms with Gasteiger partial charge in [0.05, 0.1) is 23.3 Å². The first-order valence-electron chi connectivity index (χ1n) is 10.3. The third-order valence-electron chi connectivity index (χ3n) is 6.46. The molecule has 148 valence electrons. The van der Waals surface area contributed by atoms with Gasteiger partial charge in [0.2, 0.25) is 0 Å². The Hall–Kier alpha value is -2.64. The lowest BCUT2D eigenvalue weighted by molar-refractivity contribution is 0.0897. The number of nitrogens with one attached hydrogen (secondary N) is 2. The van der Waals surface area contributed by atoms with Crippen molar-refractivity contribution in [2.24, 2.45) is 4.99 Å². The Bertz CT molecular complexity index is 1040. The van der Waals surface area contributed by atoms with Crippen LogP contribution in [-0.4, -0.2) is 57.7 Å². The lowest BCUT2D eigenvalue weighted by atomic mass is 9.90. The summed E-state index contributed by atoms with van der Waals surface area (Å²) in [4.78, 5) is 11.2. The van der Waals surface area contributed by atoms with Crippen molar-refractivity contribution in [2.75, 3.05) is 31.5 Å². The van der Waals surface area contributed by atoms with E-state index in [-0.39, 0.29) is 5.66 Å². The number of anilines is 1. The van der Waals surface area contributed by atoms with Crippen LogP contribution in [0.15, 0.2) is 53.0 Å².